The van der Waals surface area contributed by atoms with Crippen LogP contribution < -0.4 is 0 Å². The van der Waals surface area contributed by atoms with Gasteiger partial charge in [0.25, 0.3) is 0 Å². The Labute approximate surface area is 273 Å². The summed E-state index contributed by atoms with van der Waals surface area (Å²) in [6.45, 7) is 20.3. The summed E-state index contributed by atoms with van der Waals surface area (Å²) in [5.41, 5.74) is 11.3. The van der Waals surface area contributed by atoms with Crippen LogP contribution in [0.1, 0.15) is 79.0 Å². The highest BCUT2D eigenvalue weighted by Crippen LogP contribution is 2.42. The molecule has 0 bridgehead atoms. The second kappa shape index (κ2) is 11.3. The Hall–Kier alpha value is -4.70. The van der Waals surface area contributed by atoms with Crippen molar-refractivity contribution in [3.05, 3.63) is 120 Å². The molecule has 0 spiro atoms. The molecule has 0 aliphatic rings. The molecule has 4 nitrogen and oxygen atoms in total. The fourth-order valence-corrected chi connectivity index (χ4v) is 5.93. The first-order chi connectivity index (χ1) is 21.6. The number of hydrogen-bond acceptors (Lipinski definition) is 3. The van der Waals surface area contributed by atoms with Crippen LogP contribution in [0.4, 0.5) is 0 Å². The van der Waals surface area contributed by atoms with Crippen molar-refractivity contribution in [3.63, 3.8) is 0 Å². The van der Waals surface area contributed by atoms with Gasteiger partial charge in [-0.3, -0.25) is 9.55 Å². The molecule has 6 rings (SSSR count). The molecule has 234 valence electrons. The number of nitrogens with zero attached hydrogens (tertiary/aromatic N) is 3. The van der Waals surface area contributed by atoms with E-state index in [2.05, 4.69) is 121 Å². The van der Waals surface area contributed by atoms with Crippen LogP contribution >= 0.6 is 0 Å². The fourth-order valence-electron chi connectivity index (χ4n) is 5.93. The van der Waals surface area contributed by atoms with Crippen molar-refractivity contribution in [1.29, 1.82) is 0 Å². The van der Waals surface area contributed by atoms with Gasteiger partial charge in [0, 0.05) is 23.0 Å². The number of imidazole rings is 1. The van der Waals surface area contributed by atoms with Crippen LogP contribution in [0.3, 0.4) is 0 Å². The highest BCUT2D eigenvalue weighted by molar-refractivity contribution is 5.97. The number of para-hydroxylation sites is 2. The van der Waals surface area contributed by atoms with E-state index in [9.17, 15) is 5.11 Å². The van der Waals surface area contributed by atoms with Gasteiger partial charge in [0.2, 0.25) is 0 Å². The minimum Gasteiger partial charge on any atom is -0.507 e. The van der Waals surface area contributed by atoms with E-state index in [0.717, 1.165) is 39.1 Å². The van der Waals surface area contributed by atoms with Crippen molar-refractivity contribution in [2.24, 2.45) is 0 Å². The zero-order chi connectivity index (χ0) is 33.0. The molecule has 4 aromatic carbocycles. The molecule has 2 aromatic heterocycles. The second-order valence-corrected chi connectivity index (χ2v) is 15.5. The minimum atomic E-state index is -0.114. The smallest absolute Gasteiger partial charge is 0.149 e. The van der Waals surface area contributed by atoms with Crippen LogP contribution in [0, 0.1) is 0 Å². The van der Waals surface area contributed by atoms with Gasteiger partial charge >= 0.3 is 0 Å². The monoisotopic (exact) mass is 607 g/mol. The number of rotatable bonds is 4. The third-order valence-electron chi connectivity index (χ3n) is 8.82. The second-order valence-electron chi connectivity index (χ2n) is 15.5. The van der Waals surface area contributed by atoms with Crippen molar-refractivity contribution in [2.75, 3.05) is 0 Å². The van der Waals surface area contributed by atoms with E-state index in [-0.39, 0.29) is 22.0 Å². The normalized spacial score (nSPS) is 12.5. The van der Waals surface area contributed by atoms with E-state index in [1.54, 1.807) is 6.07 Å². The third-order valence-corrected chi connectivity index (χ3v) is 8.82. The van der Waals surface area contributed by atoms with Crippen molar-refractivity contribution in [3.8, 4) is 45.2 Å². The molecule has 2 heterocycles. The van der Waals surface area contributed by atoms with Crippen LogP contribution in [-0.2, 0) is 16.2 Å². The molecule has 1 N–H and O–H groups in total. The van der Waals surface area contributed by atoms with Crippen molar-refractivity contribution < 1.29 is 5.11 Å². The number of benzene rings is 4. The third kappa shape index (κ3) is 5.97. The Morgan fingerprint density at radius 2 is 1.17 bits per heavy atom. The molecule has 0 atom stereocenters. The fraction of sp³-hybridized carbons (Fsp3) is 0.286. The first kappa shape index (κ1) is 31.3. The molecule has 0 saturated heterocycles. The average Bonchev–Trinajstić information content (AvgIpc) is 3.39. The summed E-state index contributed by atoms with van der Waals surface area (Å²) in [5.74, 6) is 0.910. The van der Waals surface area contributed by atoms with Gasteiger partial charge in [-0.05, 0) is 99.2 Å². The van der Waals surface area contributed by atoms with E-state index in [0.29, 0.717) is 11.4 Å². The minimum absolute atomic E-state index is 0.0129. The zero-order valence-corrected chi connectivity index (χ0v) is 28.6. The number of aromatic hydroxyl groups is 1. The van der Waals surface area contributed by atoms with Crippen molar-refractivity contribution in [2.45, 2.75) is 78.6 Å². The van der Waals surface area contributed by atoms with Crippen LogP contribution in [0.2, 0.25) is 0 Å². The maximum atomic E-state index is 11.0. The number of phenolic OH excluding ortho intramolecular Hbond substituents is 1. The summed E-state index contributed by atoms with van der Waals surface area (Å²) < 4.78 is 2.19. The number of aromatic nitrogens is 3. The lowest BCUT2D eigenvalue weighted by atomic mass is 9.81. The Balaban J connectivity index is 1.72. The van der Waals surface area contributed by atoms with Gasteiger partial charge in [0.1, 0.15) is 11.6 Å². The first-order valence-corrected chi connectivity index (χ1v) is 16.1. The maximum absolute atomic E-state index is 11.0. The van der Waals surface area contributed by atoms with Crippen LogP contribution in [0.5, 0.6) is 5.75 Å². The molecule has 46 heavy (non-hydrogen) atoms. The van der Waals surface area contributed by atoms with Crippen molar-refractivity contribution in [1.82, 2.24) is 14.5 Å². The molecule has 6 aromatic rings. The predicted octanol–water partition coefficient (Wildman–Crippen LogP) is 11.0. The standard InChI is InChI=1S/C42H45N3O/c1-40(2,3)29-19-20-43-35(25-29)28-21-27(22-30(23-28)41(4,5)6)34-24-31(42(7,8)9)26-36-38(34)44-39(33-17-13-14-18-37(33)46)45(36)32-15-11-10-12-16-32/h10-26,46H,1-9H3. The molecule has 0 radical (unpaired) electrons. The van der Waals surface area contributed by atoms with Gasteiger partial charge in [0.05, 0.1) is 22.3 Å². The van der Waals surface area contributed by atoms with Gasteiger partial charge < -0.3 is 5.11 Å². The van der Waals surface area contributed by atoms with E-state index < -0.39 is 0 Å². The lowest BCUT2D eigenvalue weighted by Gasteiger charge is -2.24. The number of hydrogen-bond donors (Lipinski definition) is 1. The highest BCUT2D eigenvalue weighted by atomic mass is 16.3. The Morgan fingerprint density at radius 3 is 1.83 bits per heavy atom. The largest absolute Gasteiger partial charge is 0.507 e. The summed E-state index contributed by atoms with van der Waals surface area (Å²) in [7, 11) is 0. The molecule has 4 heteroatoms. The first-order valence-electron chi connectivity index (χ1n) is 16.1. The van der Waals surface area contributed by atoms with Crippen LogP contribution in [0.25, 0.3) is 50.5 Å². The van der Waals surface area contributed by atoms with Gasteiger partial charge in [-0.2, -0.15) is 0 Å². The number of pyridine rings is 1. The molecule has 0 aliphatic carbocycles. The van der Waals surface area contributed by atoms with Crippen LogP contribution in [0.15, 0.2) is 103 Å². The molecule has 0 saturated carbocycles. The number of fused-ring (bicyclic) bond motifs is 1. The van der Waals surface area contributed by atoms with Crippen molar-refractivity contribution >= 4 is 11.0 Å². The average molecular weight is 608 g/mol. The van der Waals surface area contributed by atoms with E-state index in [4.69, 9.17) is 9.97 Å². The van der Waals surface area contributed by atoms with E-state index >= 15 is 0 Å². The molecule has 0 fully saturated rings. The molecular formula is C42H45N3O. The van der Waals surface area contributed by atoms with Gasteiger partial charge in [-0.25, -0.2) is 4.98 Å². The number of phenols is 1. The summed E-state index contributed by atoms with van der Waals surface area (Å²) >= 11 is 0. The topological polar surface area (TPSA) is 50.9 Å². The Bertz CT molecular complexity index is 2050. The van der Waals surface area contributed by atoms with Gasteiger partial charge in [0.15, 0.2) is 0 Å². The van der Waals surface area contributed by atoms with E-state index in [1.165, 1.54) is 16.7 Å². The van der Waals surface area contributed by atoms with Crippen LogP contribution in [-0.4, -0.2) is 19.6 Å². The maximum Gasteiger partial charge on any atom is 0.149 e. The summed E-state index contributed by atoms with van der Waals surface area (Å²) in [5, 5.41) is 11.0. The Kier molecular flexibility index (Phi) is 7.67. The SMILES string of the molecule is CC(C)(C)c1cc(-c2cc(C(C)(C)C)ccn2)cc(-c2cc(C(C)(C)C)cc3c2nc(-c2ccccc2O)n3-c2ccccc2)c1. The zero-order valence-electron chi connectivity index (χ0n) is 28.6. The van der Waals surface area contributed by atoms with Gasteiger partial charge in [-0.15, -0.1) is 0 Å². The predicted molar refractivity (Wildman–Crippen MR) is 193 cm³/mol. The quantitative estimate of drug-likeness (QED) is 0.217. The summed E-state index contributed by atoms with van der Waals surface area (Å²) in [6.07, 6.45) is 1.93. The molecule has 0 amide bonds. The molecular weight excluding hydrogens is 562 g/mol. The molecule has 0 unspecified atom stereocenters. The Morgan fingerprint density at radius 1 is 0.565 bits per heavy atom. The highest BCUT2D eigenvalue weighted by Gasteiger charge is 2.25. The summed E-state index contributed by atoms with van der Waals surface area (Å²) in [4.78, 5) is 10.2. The lowest BCUT2D eigenvalue weighted by molar-refractivity contribution is 0.477. The van der Waals surface area contributed by atoms with Gasteiger partial charge in [-0.1, -0.05) is 98.7 Å². The summed E-state index contributed by atoms with van der Waals surface area (Å²) in [6, 6.07) is 33.6. The lowest BCUT2D eigenvalue weighted by Crippen LogP contribution is -2.13. The van der Waals surface area contributed by atoms with E-state index in [1.807, 2.05) is 42.6 Å². The molecule has 0 aliphatic heterocycles.